The van der Waals surface area contributed by atoms with Crippen molar-refractivity contribution in [2.45, 2.75) is 19.9 Å². The van der Waals surface area contributed by atoms with Crippen LogP contribution < -0.4 is 25.3 Å². The topological polar surface area (TPSA) is 118 Å². The number of anilines is 1. The Morgan fingerprint density at radius 1 is 1.15 bits per heavy atom. The van der Waals surface area contributed by atoms with Gasteiger partial charge in [-0.25, -0.2) is 4.98 Å². The highest BCUT2D eigenvalue weighted by Crippen LogP contribution is 2.38. The maximum atomic E-state index is 11.9. The molecule has 1 aromatic carbocycles. The number of imidazole rings is 1. The fraction of sp³-hybridized carbons (Fsp3) is 0.353. The highest BCUT2D eigenvalue weighted by atomic mass is 16.5. The Labute approximate surface area is 151 Å². The summed E-state index contributed by atoms with van der Waals surface area (Å²) >= 11 is 0. The molecule has 0 bridgehead atoms. The number of nitrogens with one attached hydrogen (secondary N) is 1. The maximum Gasteiger partial charge on any atom is 0.269 e. The lowest BCUT2D eigenvalue weighted by Gasteiger charge is -2.15. The van der Waals surface area contributed by atoms with E-state index in [2.05, 4.69) is 10.3 Å². The molecule has 0 aliphatic carbocycles. The molecular formula is C17H22N4O5. The van der Waals surface area contributed by atoms with E-state index in [0.717, 1.165) is 5.56 Å². The van der Waals surface area contributed by atoms with Gasteiger partial charge < -0.3 is 29.8 Å². The Balaban J connectivity index is 2.42. The maximum absolute atomic E-state index is 11.9. The zero-order valence-corrected chi connectivity index (χ0v) is 15.2. The molecule has 0 saturated heterocycles. The van der Waals surface area contributed by atoms with Crippen molar-refractivity contribution >= 4 is 17.6 Å². The molecule has 26 heavy (non-hydrogen) atoms. The van der Waals surface area contributed by atoms with E-state index >= 15 is 0 Å². The van der Waals surface area contributed by atoms with Crippen LogP contribution in [0, 0.1) is 0 Å². The van der Waals surface area contributed by atoms with Crippen LogP contribution in [0.3, 0.4) is 0 Å². The second-order valence-electron chi connectivity index (χ2n) is 5.37. The number of benzene rings is 1. The molecule has 0 aliphatic heterocycles. The monoisotopic (exact) mass is 362 g/mol. The minimum Gasteiger partial charge on any atom is -0.493 e. The van der Waals surface area contributed by atoms with Crippen molar-refractivity contribution in [3.05, 3.63) is 29.7 Å². The van der Waals surface area contributed by atoms with Crippen molar-refractivity contribution in [2.75, 3.05) is 26.6 Å². The van der Waals surface area contributed by atoms with Crippen molar-refractivity contribution < 1.29 is 23.8 Å². The van der Waals surface area contributed by atoms with E-state index in [9.17, 15) is 9.59 Å². The third-order valence-electron chi connectivity index (χ3n) is 3.73. The molecule has 0 unspecified atom stereocenters. The Kier molecular flexibility index (Phi) is 6.05. The molecule has 0 fully saturated rings. The summed E-state index contributed by atoms with van der Waals surface area (Å²) in [7, 11) is 4.56. The van der Waals surface area contributed by atoms with Gasteiger partial charge in [0.15, 0.2) is 23.0 Å². The van der Waals surface area contributed by atoms with Crippen molar-refractivity contribution in [1.82, 2.24) is 9.55 Å². The van der Waals surface area contributed by atoms with Gasteiger partial charge in [0.05, 0.1) is 27.7 Å². The van der Waals surface area contributed by atoms with E-state index in [4.69, 9.17) is 19.9 Å². The van der Waals surface area contributed by atoms with Crippen molar-refractivity contribution in [1.29, 1.82) is 0 Å². The first-order valence-electron chi connectivity index (χ1n) is 7.88. The molecule has 3 N–H and O–H groups in total. The highest BCUT2D eigenvalue weighted by molar-refractivity contribution is 6.00. The van der Waals surface area contributed by atoms with Crippen LogP contribution in [-0.4, -0.2) is 42.7 Å². The molecule has 0 saturated carbocycles. The molecule has 140 valence electrons. The SMILES string of the molecule is CCC(=O)Nc1ncn(Cc2cc(OC)c(OC)c(OC)c2)c1C(N)=O. The van der Waals surface area contributed by atoms with Gasteiger partial charge in [-0.2, -0.15) is 0 Å². The molecule has 2 amide bonds. The minimum absolute atomic E-state index is 0.112. The Morgan fingerprint density at radius 2 is 1.77 bits per heavy atom. The molecule has 2 aromatic rings. The number of hydrogen-bond donors (Lipinski definition) is 2. The Hall–Kier alpha value is -3.23. The van der Waals surface area contributed by atoms with Gasteiger partial charge in [-0.1, -0.05) is 6.92 Å². The minimum atomic E-state index is -0.693. The molecular weight excluding hydrogens is 340 g/mol. The average molecular weight is 362 g/mol. The van der Waals surface area contributed by atoms with E-state index in [1.807, 2.05) is 0 Å². The van der Waals surface area contributed by atoms with Crippen molar-refractivity contribution in [3.8, 4) is 17.2 Å². The van der Waals surface area contributed by atoms with Gasteiger partial charge in [-0.3, -0.25) is 9.59 Å². The van der Waals surface area contributed by atoms with Crippen LogP contribution in [0.2, 0.25) is 0 Å². The summed E-state index contributed by atoms with van der Waals surface area (Å²) in [4.78, 5) is 27.5. The summed E-state index contributed by atoms with van der Waals surface area (Å²) in [6.45, 7) is 1.97. The van der Waals surface area contributed by atoms with Gasteiger partial charge in [-0.05, 0) is 17.7 Å². The smallest absolute Gasteiger partial charge is 0.269 e. The first-order chi connectivity index (χ1) is 12.4. The first kappa shape index (κ1) is 19.1. The van der Waals surface area contributed by atoms with E-state index in [1.54, 1.807) is 23.6 Å². The van der Waals surface area contributed by atoms with Crippen LogP contribution in [0.25, 0.3) is 0 Å². The predicted octanol–water partition coefficient (Wildman–Crippen LogP) is 1.40. The van der Waals surface area contributed by atoms with Crippen LogP contribution >= 0.6 is 0 Å². The lowest BCUT2D eigenvalue weighted by Crippen LogP contribution is -2.21. The van der Waals surface area contributed by atoms with Crippen LogP contribution in [-0.2, 0) is 11.3 Å². The van der Waals surface area contributed by atoms with Crippen molar-refractivity contribution in [2.24, 2.45) is 5.73 Å². The third kappa shape index (κ3) is 3.88. The number of nitrogens with two attached hydrogens (primary N) is 1. The van der Waals surface area contributed by atoms with Crippen LogP contribution in [0.4, 0.5) is 5.82 Å². The molecule has 1 aromatic heterocycles. The molecule has 2 rings (SSSR count). The fourth-order valence-corrected chi connectivity index (χ4v) is 2.50. The van der Waals surface area contributed by atoms with Gasteiger partial charge >= 0.3 is 0 Å². The van der Waals surface area contributed by atoms with Crippen LogP contribution in [0.1, 0.15) is 29.4 Å². The highest BCUT2D eigenvalue weighted by Gasteiger charge is 2.19. The number of ether oxygens (including phenoxy) is 3. The van der Waals surface area contributed by atoms with Crippen LogP contribution in [0.15, 0.2) is 18.5 Å². The lowest BCUT2D eigenvalue weighted by molar-refractivity contribution is -0.115. The van der Waals surface area contributed by atoms with E-state index in [1.165, 1.54) is 27.7 Å². The quantitative estimate of drug-likeness (QED) is 0.733. The number of hydrogen-bond acceptors (Lipinski definition) is 6. The second-order valence-corrected chi connectivity index (χ2v) is 5.37. The number of aromatic nitrogens is 2. The Bertz CT molecular complexity index is 790. The number of methoxy groups -OCH3 is 3. The van der Waals surface area contributed by atoms with Gasteiger partial charge in [0.25, 0.3) is 5.91 Å². The fourth-order valence-electron chi connectivity index (χ4n) is 2.50. The molecule has 9 nitrogen and oxygen atoms in total. The number of carbonyl (C=O) groups is 2. The molecule has 0 atom stereocenters. The molecule has 0 spiro atoms. The second kappa shape index (κ2) is 8.24. The standard InChI is InChI=1S/C17H22N4O5/c1-5-13(22)20-17-14(16(18)23)21(9-19-17)8-10-6-11(24-2)15(26-4)12(7-10)25-3/h6-7,9H,5,8H2,1-4H3,(H2,18,23)(H,20,22). The number of rotatable bonds is 8. The average Bonchev–Trinajstić information content (AvgIpc) is 3.02. The summed E-state index contributed by atoms with van der Waals surface area (Å²) in [5, 5.41) is 2.57. The van der Waals surface area contributed by atoms with Crippen LogP contribution in [0.5, 0.6) is 17.2 Å². The predicted molar refractivity (Wildman–Crippen MR) is 94.9 cm³/mol. The van der Waals surface area contributed by atoms with Gasteiger partial charge in [0, 0.05) is 13.0 Å². The van der Waals surface area contributed by atoms with Gasteiger partial charge in [0.2, 0.25) is 11.7 Å². The Morgan fingerprint density at radius 3 is 2.23 bits per heavy atom. The van der Waals surface area contributed by atoms with E-state index in [-0.39, 0.29) is 30.4 Å². The molecule has 9 heteroatoms. The zero-order chi connectivity index (χ0) is 19.3. The largest absolute Gasteiger partial charge is 0.493 e. The molecule has 1 heterocycles. The number of nitrogens with zero attached hydrogens (tertiary/aromatic N) is 2. The van der Waals surface area contributed by atoms with E-state index < -0.39 is 5.91 Å². The van der Waals surface area contributed by atoms with Crippen molar-refractivity contribution in [3.63, 3.8) is 0 Å². The lowest BCUT2D eigenvalue weighted by atomic mass is 10.1. The van der Waals surface area contributed by atoms with E-state index in [0.29, 0.717) is 17.2 Å². The number of primary amides is 1. The number of amides is 2. The number of carbonyl (C=O) groups excluding carboxylic acids is 2. The molecule has 0 radical (unpaired) electrons. The summed E-state index contributed by atoms with van der Waals surface area (Å²) in [6, 6.07) is 3.52. The summed E-state index contributed by atoms with van der Waals surface area (Å²) in [5.41, 5.74) is 6.35. The summed E-state index contributed by atoms with van der Waals surface area (Å²) < 4.78 is 17.5. The molecule has 0 aliphatic rings. The normalized spacial score (nSPS) is 10.3. The first-order valence-corrected chi connectivity index (χ1v) is 7.88. The zero-order valence-electron chi connectivity index (χ0n) is 15.2. The summed E-state index contributed by atoms with van der Waals surface area (Å²) in [6.07, 6.45) is 1.70. The van der Waals surface area contributed by atoms with Gasteiger partial charge in [0.1, 0.15) is 0 Å². The summed E-state index contributed by atoms with van der Waals surface area (Å²) in [5.74, 6) is 0.628. The third-order valence-corrected chi connectivity index (χ3v) is 3.73. The van der Waals surface area contributed by atoms with Gasteiger partial charge in [-0.15, -0.1) is 0 Å².